The largest absolute Gasteiger partial charge is 0.493 e. The molecule has 0 aromatic heterocycles. The van der Waals surface area contributed by atoms with Crippen LogP contribution in [0.2, 0.25) is 0 Å². The average Bonchev–Trinajstić information content (AvgIpc) is 2.28. The molecule has 1 aromatic rings. The van der Waals surface area contributed by atoms with E-state index in [1.54, 1.807) is 0 Å². The molecule has 0 radical (unpaired) electrons. The molecule has 1 aromatic carbocycles. The van der Waals surface area contributed by atoms with Crippen molar-refractivity contribution in [2.75, 3.05) is 6.61 Å². The van der Waals surface area contributed by atoms with Gasteiger partial charge < -0.3 is 4.74 Å². The van der Waals surface area contributed by atoms with Crippen molar-refractivity contribution in [1.29, 1.82) is 0 Å². The van der Waals surface area contributed by atoms with Gasteiger partial charge in [-0.25, -0.2) is 0 Å². The van der Waals surface area contributed by atoms with Gasteiger partial charge in [-0.2, -0.15) is 0 Å². The first kappa shape index (κ1) is 10.8. The summed E-state index contributed by atoms with van der Waals surface area (Å²) >= 11 is 6.41. The summed E-state index contributed by atoms with van der Waals surface area (Å²) in [5.41, 5.74) is 1.28. The van der Waals surface area contributed by atoms with Crippen LogP contribution in [0.25, 0.3) is 0 Å². The Morgan fingerprint density at radius 1 is 1.47 bits per heavy atom. The second-order valence-electron chi connectivity index (χ2n) is 4.28. The van der Waals surface area contributed by atoms with Crippen molar-refractivity contribution >= 4 is 11.6 Å². The van der Waals surface area contributed by atoms with Gasteiger partial charge in [0, 0.05) is 11.3 Å². The monoisotopic (exact) mass is 224 g/mol. The molecule has 0 fully saturated rings. The molecule has 15 heavy (non-hydrogen) atoms. The molecule has 2 rings (SSSR count). The first-order chi connectivity index (χ1) is 7.24. The Morgan fingerprint density at radius 3 is 2.93 bits per heavy atom. The molecule has 0 spiro atoms. The molecule has 0 amide bonds. The molecule has 0 N–H and O–H groups in total. The molecular formula is C13H17ClO. The Kier molecular flexibility index (Phi) is 3.20. The van der Waals surface area contributed by atoms with E-state index in [1.807, 2.05) is 12.1 Å². The molecule has 0 bridgehead atoms. The zero-order valence-corrected chi connectivity index (χ0v) is 10.00. The van der Waals surface area contributed by atoms with Crippen LogP contribution in [0.4, 0.5) is 0 Å². The van der Waals surface area contributed by atoms with E-state index in [4.69, 9.17) is 16.3 Å². The first-order valence-electron chi connectivity index (χ1n) is 5.59. The summed E-state index contributed by atoms with van der Waals surface area (Å²) in [5.74, 6) is 1.95. The Hall–Kier alpha value is -0.690. The summed E-state index contributed by atoms with van der Waals surface area (Å²) in [6.07, 6.45) is 1.00. The lowest BCUT2D eigenvalue weighted by atomic mass is 9.82. The summed E-state index contributed by atoms with van der Waals surface area (Å²) in [6.45, 7) is 5.14. The molecular weight excluding hydrogens is 208 g/mol. The van der Waals surface area contributed by atoms with Gasteiger partial charge in [-0.1, -0.05) is 32.0 Å². The van der Waals surface area contributed by atoms with Gasteiger partial charge in [-0.05, 0) is 24.0 Å². The van der Waals surface area contributed by atoms with Gasteiger partial charge in [0.1, 0.15) is 5.75 Å². The number of alkyl halides is 1. The minimum absolute atomic E-state index is 0.213. The van der Waals surface area contributed by atoms with Crippen LogP contribution < -0.4 is 4.74 Å². The maximum absolute atomic E-state index is 6.41. The van der Waals surface area contributed by atoms with Crippen molar-refractivity contribution in [2.45, 2.75) is 31.6 Å². The zero-order chi connectivity index (χ0) is 10.8. The van der Waals surface area contributed by atoms with Crippen molar-refractivity contribution in [2.24, 2.45) is 5.92 Å². The Balaban J connectivity index is 2.37. The van der Waals surface area contributed by atoms with E-state index in [0.29, 0.717) is 11.8 Å². The second-order valence-corrected chi connectivity index (χ2v) is 4.84. The van der Waals surface area contributed by atoms with Crippen LogP contribution in [0.1, 0.15) is 31.7 Å². The van der Waals surface area contributed by atoms with Crippen LogP contribution >= 0.6 is 11.6 Å². The van der Waals surface area contributed by atoms with Gasteiger partial charge in [-0.3, -0.25) is 0 Å². The van der Waals surface area contributed by atoms with Crippen molar-refractivity contribution in [3.8, 4) is 5.75 Å². The van der Waals surface area contributed by atoms with E-state index >= 15 is 0 Å². The van der Waals surface area contributed by atoms with Gasteiger partial charge >= 0.3 is 0 Å². The lowest BCUT2D eigenvalue weighted by molar-refractivity contribution is 0.201. The van der Waals surface area contributed by atoms with Crippen LogP contribution in [-0.4, -0.2) is 12.0 Å². The fourth-order valence-electron chi connectivity index (χ4n) is 2.32. The lowest BCUT2D eigenvalue weighted by Crippen LogP contribution is -2.29. The van der Waals surface area contributed by atoms with Crippen LogP contribution in [0.3, 0.4) is 0 Å². The highest BCUT2D eigenvalue weighted by atomic mass is 35.5. The Bertz CT molecular complexity index is 337. The number of para-hydroxylation sites is 1. The number of ether oxygens (including phenoxy) is 1. The van der Waals surface area contributed by atoms with Crippen LogP contribution in [0, 0.1) is 5.92 Å². The number of rotatable bonds is 2. The highest BCUT2D eigenvalue weighted by Gasteiger charge is 2.32. The first-order valence-corrected chi connectivity index (χ1v) is 6.03. The van der Waals surface area contributed by atoms with Gasteiger partial charge in [-0.15, -0.1) is 11.6 Å². The summed E-state index contributed by atoms with van der Waals surface area (Å²) in [6, 6.07) is 8.25. The molecule has 0 aliphatic carbocycles. The number of halogens is 1. The van der Waals surface area contributed by atoms with E-state index in [0.717, 1.165) is 18.8 Å². The summed E-state index contributed by atoms with van der Waals surface area (Å²) in [5, 5.41) is 0.213. The number of fused-ring (bicyclic) bond motifs is 1. The molecule has 3 atom stereocenters. The maximum Gasteiger partial charge on any atom is 0.122 e. The Labute approximate surface area is 96.4 Å². The minimum Gasteiger partial charge on any atom is -0.493 e. The van der Waals surface area contributed by atoms with Gasteiger partial charge in [0.25, 0.3) is 0 Å². The highest BCUT2D eigenvalue weighted by Crippen LogP contribution is 2.41. The molecule has 1 aliphatic rings. The minimum atomic E-state index is 0.213. The molecule has 1 nitrogen and oxygen atoms in total. The average molecular weight is 225 g/mol. The molecule has 2 heteroatoms. The fraction of sp³-hybridized carbons (Fsp3) is 0.538. The molecule has 0 saturated carbocycles. The third-order valence-electron chi connectivity index (χ3n) is 3.17. The van der Waals surface area contributed by atoms with Gasteiger partial charge in [0.2, 0.25) is 0 Å². The number of hydrogen-bond acceptors (Lipinski definition) is 1. The topological polar surface area (TPSA) is 9.23 Å². The molecule has 3 unspecified atom stereocenters. The fourth-order valence-corrected chi connectivity index (χ4v) is 2.71. The number of benzene rings is 1. The van der Waals surface area contributed by atoms with Crippen molar-refractivity contribution in [3.05, 3.63) is 29.8 Å². The molecule has 1 aliphatic heterocycles. The molecule has 0 saturated heterocycles. The van der Waals surface area contributed by atoms with E-state index in [-0.39, 0.29) is 5.38 Å². The Morgan fingerprint density at radius 2 is 2.20 bits per heavy atom. The van der Waals surface area contributed by atoms with E-state index in [1.165, 1.54) is 5.56 Å². The van der Waals surface area contributed by atoms with E-state index < -0.39 is 0 Å². The van der Waals surface area contributed by atoms with Crippen LogP contribution in [-0.2, 0) is 0 Å². The predicted molar refractivity (Wildman–Crippen MR) is 63.8 cm³/mol. The van der Waals surface area contributed by atoms with Crippen LogP contribution in [0.15, 0.2) is 24.3 Å². The normalized spacial score (nSPS) is 26.6. The quantitative estimate of drug-likeness (QED) is 0.694. The SMILES string of the molecule is CCC(Cl)C1c2ccccc2OCC1C. The maximum atomic E-state index is 6.41. The van der Waals surface area contributed by atoms with E-state index in [9.17, 15) is 0 Å². The summed E-state index contributed by atoms with van der Waals surface area (Å²) in [7, 11) is 0. The standard InChI is InChI=1S/C13H17ClO/c1-3-11(14)13-9(2)8-15-12-7-5-4-6-10(12)13/h4-7,9,11,13H,3,8H2,1-2H3. The summed E-state index contributed by atoms with van der Waals surface area (Å²) < 4.78 is 5.70. The highest BCUT2D eigenvalue weighted by molar-refractivity contribution is 6.21. The van der Waals surface area contributed by atoms with Gasteiger partial charge in [0.05, 0.1) is 6.61 Å². The molecule has 82 valence electrons. The summed E-state index contributed by atoms with van der Waals surface area (Å²) in [4.78, 5) is 0. The molecule has 1 heterocycles. The zero-order valence-electron chi connectivity index (χ0n) is 9.24. The third-order valence-corrected chi connectivity index (χ3v) is 3.75. The second kappa shape index (κ2) is 4.44. The van der Waals surface area contributed by atoms with Crippen molar-refractivity contribution < 1.29 is 4.74 Å². The van der Waals surface area contributed by atoms with Crippen LogP contribution in [0.5, 0.6) is 5.75 Å². The predicted octanol–water partition coefficient (Wildman–Crippen LogP) is 3.82. The van der Waals surface area contributed by atoms with Crippen molar-refractivity contribution in [1.82, 2.24) is 0 Å². The van der Waals surface area contributed by atoms with E-state index in [2.05, 4.69) is 26.0 Å². The number of hydrogen-bond donors (Lipinski definition) is 0. The third kappa shape index (κ3) is 1.98. The smallest absolute Gasteiger partial charge is 0.122 e. The van der Waals surface area contributed by atoms with Crippen molar-refractivity contribution in [3.63, 3.8) is 0 Å². The van der Waals surface area contributed by atoms with Gasteiger partial charge in [0.15, 0.2) is 0 Å². The lowest BCUT2D eigenvalue weighted by Gasteiger charge is -2.34.